The fourth-order valence-corrected chi connectivity index (χ4v) is 3.95. The second-order valence-corrected chi connectivity index (χ2v) is 7.84. The lowest BCUT2D eigenvalue weighted by molar-refractivity contribution is -0.0384. The first kappa shape index (κ1) is 18.3. The molecule has 0 aromatic carbocycles. The number of anilines is 1. The first-order valence-corrected chi connectivity index (χ1v) is 10.5. The molecule has 2 saturated heterocycles. The molecule has 0 aliphatic carbocycles. The molecule has 2 aromatic rings. The highest BCUT2D eigenvalue weighted by Gasteiger charge is 2.30. The van der Waals surface area contributed by atoms with Crippen molar-refractivity contribution < 1.29 is 19.3 Å². The molecular weight excluding hydrogens is 381 g/mol. The molecule has 2 aliphatic heterocycles. The zero-order valence-corrected chi connectivity index (χ0v) is 15.8. The van der Waals surface area contributed by atoms with Crippen molar-refractivity contribution >= 4 is 36.8 Å². The molecular formula is C15H21ClN5O4P. The van der Waals surface area contributed by atoms with Gasteiger partial charge in [0.2, 0.25) is 5.28 Å². The SMILES string of the molecule is OP(O)COCC1CCC(n2ncc3c(N4CCCC4)nc(Cl)nc32)O1. The summed E-state index contributed by atoms with van der Waals surface area (Å²) in [5.41, 5.74) is 0.674. The summed E-state index contributed by atoms with van der Waals surface area (Å²) >= 11 is 6.17. The van der Waals surface area contributed by atoms with Gasteiger partial charge in [-0.25, -0.2) is 4.68 Å². The van der Waals surface area contributed by atoms with E-state index in [2.05, 4.69) is 20.0 Å². The van der Waals surface area contributed by atoms with Crippen LogP contribution >= 0.6 is 20.0 Å². The molecule has 142 valence electrons. The van der Waals surface area contributed by atoms with Crippen LogP contribution in [-0.4, -0.2) is 61.7 Å². The fourth-order valence-electron chi connectivity index (χ4n) is 3.52. The van der Waals surface area contributed by atoms with E-state index in [4.69, 9.17) is 30.9 Å². The van der Waals surface area contributed by atoms with Crippen molar-refractivity contribution in [1.82, 2.24) is 19.7 Å². The van der Waals surface area contributed by atoms with Crippen molar-refractivity contribution in [3.05, 3.63) is 11.5 Å². The van der Waals surface area contributed by atoms with E-state index < -0.39 is 8.38 Å². The van der Waals surface area contributed by atoms with Gasteiger partial charge in [-0.3, -0.25) is 0 Å². The van der Waals surface area contributed by atoms with Crippen LogP contribution in [0.15, 0.2) is 6.20 Å². The van der Waals surface area contributed by atoms with Gasteiger partial charge in [-0.05, 0) is 37.3 Å². The average Bonchev–Trinajstić information content (AvgIpc) is 3.34. The van der Waals surface area contributed by atoms with Crippen molar-refractivity contribution in [3.63, 3.8) is 0 Å². The molecule has 0 bridgehead atoms. The summed E-state index contributed by atoms with van der Waals surface area (Å²) in [4.78, 5) is 28.8. The quantitative estimate of drug-likeness (QED) is 0.559. The third-order valence-corrected chi connectivity index (χ3v) is 5.26. The zero-order valence-electron chi connectivity index (χ0n) is 14.2. The highest BCUT2D eigenvalue weighted by Crippen LogP contribution is 2.34. The molecule has 2 atom stereocenters. The van der Waals surface area contributed by atoms with Gasteiger partial charge in [-0.1, -0.05) is 0 Å². The molecule has 2 N–H and O–H groups in total. The molecule has 0 radical (unpaired) electrons. The van der Waals surface area contributed by atoms with E-state index >= 15 is 0 Å². The highest BCUT2D eigenvalue weighted by molar-refractivity contribution is 7.44. The first-order chi connectivity index (χ1) is 12.6. The van der Waals surface area contributed by atoms with Gasteiger partial charge in [0.05, 0.1) is 24.3 Å². The molecule has 4 heterocycles. The van der Waals surface area contributed by atoms with Crippen LogP contribution in [0.1, 0.15) is 31.9 Å². The van der Waals surface area contributed by atoms with Gasteiger partial charge in [-0.2, -0.15) is 15.1 Å². The summed E-state index contributed by atoms with van der Waals surface area (Å²) in [7, 11) is -2.04. The Balaban J connectivity index is 1.52. The van der Waals surface area contributed by atoms with Crippen LogP contribution in [-0.2, 0) is 9.47 Å². The predicted octanol–water partition coefficient (Wildman–Crippen LogP) is 2.03. The Hall–Kier alpha value is -1.09. The van der Waals surface area contributed by atoms with Crippen LogP contribution in [0.2, 0.25) is 5.28 Å². The predicted molar refractivity (Wildman–Crippen MR) is 97.1 cm³/mol. The minimum absolute atomic E-state index is 0.0629. The average molecular weight is 402 g/mol. The minimum atomic E-state index is -2.04. The number of nitrogens with zero attached hydrogens (tertiary/aromatic N) is 5. The molecule has 0 saturated carbocycles. The van der Waals surface area contributed by atoms with E-state index in [9.17, 15) is 0 Å². The van der Waals surface area contributed by atoms with Crippen molar-refractivity contribution in [2.75, 3.05) is 30.9 Å². The topological polar surface area (TPSA) is 106 Å². The standard InChI is InChI=1S/C15H21ClN5O4P/c16-15-18-13(20-5-1-2-6-20)11-7-17-21(14(11)19-15)12-4-3-10(25-12)8-24-9-26(22)23/h7,10,12,22-23H,1-6,8-9H2. The molecule has 2 aliphatic rings. The smallest absolute Gasteiger partial charge is 0.226 e. The summed E-state index contributed by atoms with van der Waals surface area (Å²) in [6, 6.07) is 0. The second kappa shape index (κ2) is 7.88. The summed E-state index contributed by atoms with van der Waals surface area (Å²) < 4.78 is 13.0. The Kier molecular flexibility index (Phi) is 5.54. The van der Waals surface area contributed by atoms with Crippen LogP contribution in [0.5, 0.6) is 0 Å². The maximum Gasteiger partial charge on any atom is 0.226 e. The van der Waals surface area contributed by atoms with E-state index in [1.165, 1.54) is 0 Å². The number of ether oxygens (including phenoxy) is 2. The third kappa shape index (κ3) is 3.78. The van der Waals surface area contributed by atoms with Crippen LogP contribution in [0.3, 0.4) is 0 Å². The molecule has 2 unspecified atom stereocenters. The molecule has 11 heteroatoms. The molecule has 2 aromatic heterocycles. The molecule has 0 spiro atoms. The zero-order chi connectivity index (χ0) is 18.1. The van der Waals surface area contributed by atoms with Gasteiger partial charge in [0.25, 0.3) is 0 Å². The van der Waals surface area contributed by atoms with Crippen LogP contribution in [0, 0.1) is 0 Å². The number of hydrogen-bond acceptors (Lipinski definition) is 8. The van der Waals surface area contributed by atoms with Gasteiger partial charge in [0.15, 0.2) is 20.3 Å². The summed E-state index contributed by atoms with van der Waals surface area (Å²) in [5.74, 6) is 0.834. The molecule has 26 heavy (non-hydrogen) atoms. The van der Waals surface area contributed by atoms with E-state index in [0.717, 1.165) is 50.0 Å². The number of rotatable bonds is 6. The lowest BCUT2D eigenvalue weighted by atomic mass is 10.2. The molecule has 9 nitrogen and oxygen atoms in total. The molecule has 0 amide bonds. The lowest BCUT2D eigenvalue weighted by Gasteiger charge is -2.18. The van der Waals surface area contributed by atoms with E-state index in [-0.39, 0.29) is 24.0 Å². The van der Waals surface area contributed by atoms with Gasteiger partial charge >= 0.3 is 0 Å². The van der Waals surface area contributed by atoms with E-state index in [0.29, 0.717) is 12.3 Å². The Morgan fingerprint density at radius 2 is 2.08 bits per heavy atom. The van der Waals surface area contributed by atoms with Crippen molar-refractivity contribution in [2.45, 2.75) is 38.0 Å². The number of aromatic nitrogens is 4. The highest BCUT2D eigenvalue weighted by atomic mass is 35.5. The summed E-state index contributed by atoms with van der Waals surface area (Å²) in [6.07, 6.45) is 5.23. The molecule has 4 rings (SSSR count). The minimum Gasteiger partial charge on any atom is -0.369 e. The van der Waals surface area contributed by atoms with Crippen molar-refractivity contribution in [2.24, 2.45) is 0 Å². The van der Waals surface area contributed by atoms with Gasteiger partial charge < -0.3 is 24.2 Å². The van der Waals surface area contributed by atoms with Crippen LogP contribution < -0.4 is 4.90 Å². The van der Waals surface area contributed by atoms with Crippen LogP contribution in [0.25, 0.3) is 11.0 Å². The second-order valence-electron chi connectivity index (χ2n) is 6.50. The number of fused-ring (bicyclic) bond motifs is 1. The lowest BCUT2D eigenvalue weighted by Crippen LogP contribution is -2.20. The van der Waals surface area contributed by atoms with Gasteiger partial charge in [0, 0.05) is 13.1 Å². The Morgan fingerprint density at radius 3 is 2.85 bits per heavy atom. The van der Waals surface area contributed by atoms with Crippen LogP contribution in [0.4, 0.5) is 5.82 Å². The van der Waals surface area contributed by atoms with Crippen molar-refractivity contribution in [1.29, 1.82) is 0 Å². The summed E-state index contributed by atoms with van der Waals surface area (Å²) in [5, 5.41) is 5.57. The first-order valence-electron chi connectivity index (χ1n) is 8.66. The Morgan fingerprint density at radius 1 is 1.27 bits per heavy atom. The van der Waals surface area contributed by atoms with Gasteiger partial charge in [-0.15, -0.1) is 0 Å². The van der Waals surface area contributed by atoms with E-state index in [1.54, 1.807) is 10.9 Å². The Bertz CT molecular complexity index is 770. The van der Waals surface area contributed by atoms with E-state index in [1.807, 2.05) is 0 Å². The normalized spacial score (nSPS) is 23.6. The maximum atomic E-state index is 8.90. The number of hydrogen-bond donors (Lipinski definition) is 2. The number of halogens is 1. The largest absolute Gasteiger partial charge is 0.369 e. The maximum absolute atomic E-state index is 8.90. The van der Waals surface area contributed by atoms with Crippen molar-refractivity contribution in [3.8, 4) is 0 Å². The van der Waals surface area contributed by atoms with Gasteiger partial charge in [0.1, 0.15) is 12.2 Å². The Labute approximate surface area is 156 Å². The summed E-state index contributed by atoms with van der Waals surface area (Å²) in [6.45, 7) is 2.25. The fraction of sp³-hybridized carbons (Fsp3) is 0.667. The molecule has 2 fully saturated rings. The third-order valence-electron chi connectivity index (χ3n) is 4.68. The monoisotopic (exact) mass is 401 g/mol.